The van der Waals surface area contributed by atoms with Gasteiger partial charge in [0, 0.05) is 36.1 Å². The molecule has 8 heteroatoms. The molecule has 0 unspecified atom stereocenters. The summed E-state index contributed by atoms with van der Waals surface area (Å²) in [4.78, 5) is 41.9. The lowest BCUT2D eigenvalue weighted by molar-refractivity contribution is -0.127. The van der Waals surface area contributed by atoms with Gasteiger partial charge in [0.25, 0.3) is 5.91 Å². The van der Waals surface area contributed by atoms with Crippen LogP contribution >= 0.6 is 0 Å². The number of nitrogens with one attached hydrogen (secondary N) is 3. The number of urea groups is 1. The Morgan fingerprint density at radius 3 is 2.73 bits per heavy atom. The average molecular weight is 457 g/mol. The van der Waals surface area contributed by atoms with Crippen molar-refractivity contribution in [3.63, 3.8) is 0 Å². The van der Waals surface area contributed by atoms with Gasteiger partial charge in [0.2, 0.25) is 5.91 Å². The van der Waals surface area contributed by atoms with Gasteiger partial charge in [0.05, 0.1) is 7.11 Å². The summed E-state index contributed by atoms with van der Waals surface area (Å²) in [7, 11) is 1.62. The Balaban J connectivity index is 1.47. The fourth-order valence-corrected chi connectivity index (χ4v) is 4.23. The minimum atomic E-state index is -0.650. The van der Waals surface area contributed by atoms with E-state index in [1.54, 1.807) is 7.11 Å². The van der Waals surface area contributed by atoms with Gasteiger partial charge in [-0.2, -0.15) is 0 Å². The first kappa shape index (κ1) is 24.6. The van der Waals surface area contributed by atoms with Crippen molar-refractivity contribution < 1.29 is 19.1 Å². The van der Waals surface area contributed by atoms with Gasteiger partial charge in [0.15, 0.2) is 0 Å². The summed E-state index contributed by atoms with van der Waals surface area (Å²) >= 11 is 0. The number of fused-ring (bicyclic) bond motifs is 1. The Labute approximate surface area is 195 Å². The van der Waals surface area contributed by atoms with Crippen LogP contribution in [0.15, 0.2) is 24.4 Å². The van der Waals surface area contributed by atoms with Crippen LogP contribution in [0.25, 0.3) is 10.9 Å². The smallest absolute Gasteiger partial charge is 0.324 e. The number of rotatable bonds is 12. The predicted octanol–water partition coefficient (Wildman–Crippen LogP) is 3.75. The Hall–Kier alpha value is -3.03. The number of amides is 4. The van der Waals surface area contributed by atoms with Gasteiger partial charge in [-0.15, -0.1) is 0 Å². The molecule has 2 heterocycles. The lowest BCUT2D eigenvalue weighted by Gasteiger charge is -2.15. The van der Waals surface area contributed by atoms with Crippen LogP contribution < -0.4 is 15.4 Å². The van der Waals surface area contributed by atoms with E-state index in [1.165, 1.54) is 4.90 Å². The zero-order valence-corrected chi connectivity index (χ0v) is 20.1. The molecular formula is C25H36N4O4. The number of methoxy groups -OCH3 is 1. The molecule has 1 aliphatic rings. The van der Waals surface area contributed by atoms with E-state index in [9.17, 15) is 14.4 Å². The Kier molecular flexibility index (Phi) is 8.36. The molecule has 180 valence electrons. The van der Waals surface area contributed by atoms with Gasteiger partial charge >= 0.3 is 6.03 Å². The Morgan fingerprint density at radius 1 is 1.21 bits per heavy atom. The molecule has 0 aliphatic carbocycles. The van der Waals surface area contributed by atoms with Gasteiger partial charge in [-0.25, -0.2) is 4.79 Å². The van der Waals surface area contributed by atoms with E-state index in [4.69, 9.17) is 4.74 Å². The van der Waals surface area contributed by atoms with Crippen LogP contribution in [0, 0.1) is 5.92 Å². The normalized spacial score (nSPS) is 17.0. The van der Waals surface area contributed by atoms with E-state index in [1.807, 2.05) is 31.3 Å². The van der Waals surface area contributed by atoms with Crippen molar-refractivity contribution in [1.82, 2.24) is 20.5 Å². The summed E-state index contributed by atoms with van der Waals surface area (Å²) in [5, 5.41) is 6.73. The number of imide groups is 1. The molecule has 3 N–H and O–H groups in total. The first-order chi connectivity index (χ1) is 15.8. The molecule has 2 aromatic rings. The summed E-state index contributed by atoms with van der Waals surface area (Å²) in [6.07, 6.45) is 6.10. The number of aromatic amines is 1. The molecule has 1 aromatic carbocycles. The number of ether oxygens (including phenoxy) is 1. The molecule has 0 bridgehead atoms. The summed E-state index contributed by atoms with van der Waals surface area (Å²) in [5.41, 5.74) is 1.99. The lowest BCUT2D eigenvalue weighted by atomic mass is 10.0. The summed E-state index contributed by atoms with van der Waals surface area (Å²) in [6.45, 7) is 6.67. The molecule has 1 saturated heterocycles. The molecule has 1 fully saturated rings. The number of nitrogens with zero attached hydrogens (tertiary/aromatic N) is 1. The molecule has 2 atom stereocenters. The minimum Gasteiger partial charge on any atom is -0.497 e. The highest BCUT2D eigenvalue weighted by Crippen LogP contribution is 2.24. The van der Waals surface area contributed by atoms with Crippen molar-refractivity contribution in [3.8, 4) is 5.75 Å². The molecule has 8 nitrogen and oxygen atoms in total. The maximum Gasteiger partial charge on any atom is 0.324 e. The average Bonchev–Trinajstić information content (AvgIpc) is 3.29. The maximum atomic E-state index is 12.8. The largest absolute Gasteiger partial charge is 0.497 e. The van der Waals surface area contributed by atoms with Gasteiger partial charge < -0.3 is 20.4 Å². The SMILES string of the molecule is COc1ccc2[nH]cc(CCN3C(=O)N[C@@H](CCC(=O)N[C@H](C)CCCC(C)C)C3=O)c2c1. The first-order valence-electron chi connectivity index (χ1n) is 11.8. The molecule has 4 amide bonds. The molecule has 1 aromatic heterocycles. The van der Waals surface area contributed by atoms with Crippen molar-refractivity contribution in [2.45, 2.75) is 71.4 Å². The standard InChI is InChI=1S/C25H36N4O4/c1-16(2)6-5-7-17(3)27-23(30)11-10-22-24(31)29(25(32)28-22)13-12-18-15-26-21-9-8-19(33-4)14-20(18)21/h8-9,14-17,22,26H,5-7,10-13H2,1-4H3,(H,27,30)(H,28,32)/t17-,22+/m1/s1. The van der Waals surface area contributed by atoms with E-state index < -0.39 is 12.1 Å². The van der Waals surface area contributed by atoms with Crippen molar-refractivity contribution in [2.24, 2.45) is 5.92 Å². The van der Waals surface area contributed by atoms with Crippen molar-refractivity contribution in [1.29, 1.82) is 0 Å². The molecule has 0 saturated carbocycles. The van der Waals surface area contributed by atoms with E-state index >= 15 is 0 Å². The zero-order chi connectivity index (χ0) is 24.0. The highest BCUT2D eigenvalue weighted by atomic mass is 16.5. The number of hydrogen-bond donors (Lipinski definition) is 3. The van der Waals surface area contributed by atoms with Crippen molar-refractivity contribution in [2.75, 3.05) is 13.7 Å². The molecule has 3 rings (SSSR count). The molecule has 33 heavy (non-hydrogen) atoms. The third kappa shape index (κ3) is 6.49. The quantitative estimate of drug-likeness (QED) is 0.423. The fraction of sp³-hybridized carbons (Fsp3) is 0.560. The fourth-order valence-electron chi connectivity index (χ4n) is 4.23. The van der Waals surface area contributed by atoms with Crippen LogP contribution in [0.1, 0.15) is 58.4 Å². The van der Waals surface area contributed by atoms with E-state index in [-0.39, 0.29) is 30.8 Å². The van der Waals surface area contributed by atoms with Crippen LogP contribution in [0.3, 0.4) is 0 Å². The second-order valence-electron chi connectivity index (χ2n) is 9.30. The Bertz CT molecular complexity index is 984. The van der Waals surface area contributed by atoms with E-state index in [2.05, 4.69) is 29.5 Å². The molecule has 0 radical (unpaired) electrons. The van der Waals surface area contributed by atoms with Crippen molar-refractivity contribution >= 4 is 28.7 Å². The highest BCUT2D eigenvalue weighted by molar-refractivity contribution is 6.04. The molecule has 0 spiro atoms. The third-order valence-electron chi connectivity index (χ3n) is 6.17. The lowest BCUT2D eigenvalue weighted by Crippen LogP contribution is -2.35. The monoisotopic (exact) mass is 456 g/mol. The van der Waals surface area contributed by atoms with Gasteiger partial charge in [-0.3, -0.25) is 14.5 Å². The Morgan fingerprint density at radius 2 is 2.00 bits per heavy atom. The van der Waals surface area contributed by atoms with Gasteiger partial charge in [-0.05, 0) is 55.9 Å². The van der Waals surface area contributed by atoms with Crippen LogP contribution in [-0.2, 0) is 16.0 Å². The van der Waals surface area contributed by atoms with Crippen LogP contribution in [0.4, 0.5) is 4.79 Å². The highest BCUT2D eigenvalue weighted by Gasteiger charge is 2.37. The number of carbonyl (C=O) groups is 3. The van der Waals surface area contributed by atoms with Crippen LogP contribution in [-0.4, -0.2) is 53.5 Å². The van der Waals surface area contributed by atoms with Gasteiger partial charge in [-0.1, -0.05) is 26.7 Å². The summed E-state index contributed by atoms with van der Waals surface area (Å²) < 4.78 is 5.30. The second kappa shape index (κ2) is 11.2. The number of aromatic nitrogens is 1. The number of benzene rings is 1. The van der Waals surface area contributed by atoms with E-state index in [0.29, 0.717) is 18.8 Å². The number of hydrogen-bond acceptors (Lipinski definition) is 4. The molecular weight excluding hydrogens is 420 g/mol. The zero-order valence-electron chi connectivity index (χ0n) is 20.1. The predicted molar refractivity (Wildman–Crippen MR) is 128 cm³/mol. The second-order valence-corrected chi connectivity index (χ2v) is 9.30. The minimum absolute atomic E-state index is 0.0831. The third-order valence-corrected chi connectivity index (χ3v) is 6.17. The van der Waals surface area contributed by atoms with E-state index in [0.717, 1.165) is 41.5 Å². The first-order valence-corrected chi connectivity index (χ1v) is 11.8. The van der Waals surface area contributed by atoms with Crippen LogP contribution in [0.2, 0.25) is 0 Å². The van der Waals surface area contributed by atoms with Crippen molar-refractivity contribution in [3.05, 3.63) is 30.0 Å². The topological polar surface area (TPSA) is 104 Å². The number of H-pyrrole nitrogens is 1. The van der Waals surface area contributed by atoms with Crippen LogP contribution in [0.5, 0.6) is 5.75 Å². The number of carbonyl (C=O) groups excluding carboxylic acids is 3. The maximum absolute atomic E-state index is 12.8. The van der Waals surface area contributed by atoms with Gasteiger partial charge in [0.1, 0.15) is 11.8 Å². The summed E-state index contributed by atoms with van der Waals surface area (Å²) in [6, 6.07) is 4.83. The molecule has 1 aliphatic heterocycles. The summed E-state index contributed by atoms with van der Waals surface area (Å²) in [5.74, 6) is 1.06.